The molecule has 2 aromatic carbocycles. The number of methoxy groups -OCH3 is 1. The van der Waals surface area contributed by atoms with Crippen LogP contribution in [0.15, 0.2) is 42.5 Å². The zero-order valence-electron chi connectivity index (χ0n) is 16.4. The Labute approximate surface area is 181 Å². The number of ether oxygens (including phenoxy) is 2. The molecule has 0 saturated carbocycles. The molecule has 3 aliphatic rings. The molecule has 0 N–H and O–H groups in total. The molecule has 30 heavy (non-hydrogen) atoms. The van der Waals surface area contributed by atoms with Crippen molar-refractivity contribution in [3.8, 4) is 22.2 Å². The lowest BCUT2D eigenvalue weighted by molar-refractivity contribution is -0.115. The summed E-state index contributed by atoms with van der Waals surface area (Å²) in [5.74, 6) is 1.97. The fourth-order valence-electron chi connectivity index (χ4n) is 3.45. The first kappa shape index (κ1) is 19.1. The third-order valence-corrected chi connectivity index (χ3v) is 7.01. The van der Waals surface area contributed by atoms with Crippen LogP contribution in [0.1, 0.15) is 17.9 Å². The Balaban J connectivity index is 1.54. The maximum atomic E-state index is 12.7. The average molecular weight is 439 g/mol. The standard InChI is InChI=1S/C21H18N4O3S2/c1-3-28-14-8-9-16-15(10-14)18-19(22-16)30-21(24-23-18)25-17(26)11-29-20(25)12-4-6-13(27-2)7-5-12/h4-10,20H,3,11H2,1-2H3. The minimum Gasteiger partial charge on any atom is -0.497 e. The summed E-state index contributed by atoms with van der Waals surface area (Å²) in [4.78, 5) is 19.1. The molecule has 7 nitrogen and oxygen atoms in total. The van der Waals surface area contributed by atoms with Crippen molar-refractivity contribution in [1.82, 2.24) is 15.2 Å². The summed E-state index contributed by atoms with van der Waals surface area (Å²) in [5.41, 5.74) is 2.58. The van der Waals surface area contributed by atoms with Gasteiger partial charge in [-0.15, -0.1) is 22.0 Å². The predicted octanol–water partition coefficient (Wildman–Crippen LogP) is 4.38. The highest BCUT2D eigenvalue weighted by Crippen LogP contribution is 2.44. The third-order valence-electron chi connectivity index (χ3n) is 4.86. The lowest BCUT2D eigenvalue weighted by atomic mass is 10.2. The molecule has 1 unspecified atom stereocenters. The highest BCUT2D eigenvalue weighted by atomic mass is 32.2. The number of amides is 1. The van der Waals surface area contributed by atoms with Crippen molar-refractivity contribution in [2.45, 2.75) is 12.3 Å². The smallest absolute Gasteiger partial charge is 0.240 e. The number of nitrogens with zero attached hydrogens (tertiary/aromatic N) is 4. The number of rotatable bonds is 5. The second-order valence-electron chi connectivity index (χ2n) is 6.66. The molecule has 2 aromatic rings. The molecule has 1 atom stereocenters. The van der Waals surface area contributed by atoms with Gasteiger partial charge in [-0.05, 0) is 42.8 Å². The maximum Gasteiger partial charge on any atom is 0.240 e. The Morgan fingerprint density at radius 3 is 2.70 bits per heavy atom. The third kappa shape index (κ3) is 3.23. The summed E-state index contributed by atoms with van der Waals surface area (Å²) in [6.45, 7) is 2.54. The van der Waals surface area contributed by atoms with E-state index < -0.39 is 0 Å². The number of anilines is 1. The van der Waals surface area contributed by atoms with Crippen molar-refractivity contribution in [1.29, 1.82) is 0 Å². The van der Waals surface area contributed by atoms with Gasteiger partial charge in [0.1, 0.15) is 27.6 Å². The van der Waals surface area contributed by atoms with Crippen LogP contribution in [0.5, 0.6) is 11.5 Å². The van der Waals surface area contributed by atoms with Crippen LogP contribution >= 0.6 is 23.1 Å². The summed E-state index contributed by atoms with van der Waals surface area (Å²) >= 11 is 2.96. The van der Waals surface area contributed by atoms with E-state index in [9.17, 15) is 4.79 Å². The lowest BCUT2D eigenvalue weighted by Crippen LogP contribution is -2.28. The van der Waals surface area contributed by atoms with Gasteiger partial charge in [-0.1, -0.05) is 23.5 Å². The van der Waals surface area contributed by atoms with Crippen molar-refractivity contribution in [3.63, 3.8) is 0 Å². The molecule has 9 heteroatoms. The average Bonchev–Trinajstić information content (AvgIpc) is 3.33. The number of carbonyl (C=O) groups is 1. The first-order chi connectivity index (χ1) is 14.7. The van der Waals surface area contributed by atoms with Gasteiger partial charge < -0.3 is 9.47 Å². The first-order valence-electron chi connectivity index (χ1n) is 9.45. The van der Waals surface area contributed by atoms with E-state index in [2.05, 4.69) is 10.2 Å². The zero-order chi connectivity index (χ0) is 20.7. The van der Waals surface area contributed by atoms with Crippen LogP contribution in [0.3, 0.4) is 0 Å². The van der Waals surface area contributed by atoms with Crippen LogP contribution in [-0.4, -0.2) is 40.6 Å². The van der Waals surface area contributed by atoms with Crippen LogP contribution in [0.4, 0.5) is 5.13 Å². The molecule has 0 aliphatic carbocycles. The number of hydrogen-bond donors (Lipinski definition) is 0. The molecule has 1 saturated heterocycles. The zero-order valence-corrected chi connectivity index (χ0v) is 18.0. The Hall–Kier alpha value is -2.91. The number of fused-ring (bicyclic) bond motifs is 3. The normalized spacial score (nSPS) is 16.5. The lowest BCUT2D eigenvalue weighted by Gasteiger charge is -2.22. The monoisotopic (exact) mass is 438 g/mol. The minimum atomic E-state index is -0.152. The van der Waals surface area contributed by atoms with Crippen LogP contribution in [-0.2, 0) is 4.79 Å². The summed E-state index contributed by atoms with van der Waals surface area (Å²) in [5, 5.41) is 10.9. The van der Waals surface area contributed by atoms with E-state index in [1.807, 2.05) is 49.4 Å². The van der Waals surface area contributed by atoms with Gasteiger partial charge in [-0.3, -0.25) is 9.69 Å². The fraction of sp³-hybridized carbons (Fsp3) is 0.238. The van der Waals surface area contributed by atoms with Gasteiger partial charge >= 0.3 is 0 Å². The number of benzene rings is 2. The number of hydrogen-bond acceptors (Lipinski definition) is 8. The SMILES string of the molecule is CCOc1ccc2nc3sc(N4C(=O)CSC4c4ccc(OC)cc4)nnc-3c2c1. The van der Waals surface area contributed by atoms with Crippen molar-refractivity contribution >= 4 is 45.0 Å². The van der Waals surface area contributed by atoms with Gasteiger partial charge in [-0.25, -0.2) is 4.98 Å². The fourth-order valence-corrected chi connectivity index (χ4v) is 5.62. The molecular formula is C21H18N4O3S2. The Bertz CT molecular complexity index is 1190. The van der Waals surface area contributed by atoms with Crippen LogP contribution < -0.4 is 14.4 Å². The highest BCUT2D eigenvalue weighted by molar-refractivity contribution is 8.00. The second-order valence-corrected chi connectivity index (χ2v) is 8.69. The van der Waals surface area contributed by atoms with Gasteiger partial charge in [0.2, 0.25) is 11.0 Å². The van der Waals surface area contributed by atoms with Gasteiger partial charge in [0.15, 0.2) is 0 Å². The molecule has 0 spiro atoms. The van der Waals surface area contributed by atoms with Crippen molar-refractivity contribution in [2.75, 3.05) is 24.4 Å². The minimum absolute atomic E-state index is 0.0143. The molecule has 3 aliphatic heterocycles. The molecule has 0 aromatic heterocycles. The van der Waals surface area contributed by atoms with E-state index in [0.29, 0.717) is 17.5 Å². The molecule has 152 valence electrons. The Kier molecular flexibility index (Phi) is 4.92. The topological polar surface area (TPSA) is 77.4 Å². The highest BCUT2D eigenvalue weighted by Gasteiger charge is 2.36. The van der Waals surface area contributed by atoms with Gasteiger partial charge in [0.05, 0.1) is 25.0 Å². The molecule has 0 radical (unpaired) electrons. The quantitative estimate of drug-likeness (QED) is 0.458. The number of aromatic nitrogens is 3. The van der Waals surface area contributed by atoms with E-state index in [1.165, 1.54) is 11.3 Å². The van der Waals surface area contributed by atoms with Crippen LogP contribution in [0, 0.1) is 0 Å². The molecule has 1 amide bonds. The largest absolute Gasteiger partial charge is 0.497 e. The number of carbonyl (C=O) groups excluding carboxylic acids is 1. The second kappa shape index (κ2) is 7.73. The molecule has 1 fully saturated rings. The summed E-state index contributed by atoms with van der Waals surface area (Å²) in [6, 6.07) is 13.5. The Morgan fingerprint density at radius 1 is 1.13 bits per heavy atom. The van der Waals surface area contributed by atoms with E-state index in [-0.39, 0.29) is 11.3 Å². The van der Waals surface area contributed by atoms with Crippen molar-refractivity contribution < 1.29 is 14.3 Å². The van der Waals surface area contributed by atoms with E-state index >= 15 is 0 Å². The van der Waals surface area contributed by atoms with Crippen LogP contribution in [0.2, 0.25) is 0 Å². The van der Waals surface area contributed by atoms with E-state index in [0.717, 1.165) is 38.7 Å². The first-order valence-corrected chi connectivity index (χ1v) is 11.3. The number of thioether (sulfide) groups is 1. The molecular weight excluding hydrogens is 420 g/mol. The van der Waals surface area contributed by atoms with E-state index in [4.69, 9.17) is 14.5 Å². The van der Waals surface area contributed by atoms with E-state index in [1.54, 1.807) is 23.8 Å². The Morgan fingerprint density at radius 2 is 1.93 bits per heavy atom. The molecule has 0 bridgehead atoms. The summed E-state index contributed by atoms with van der Waals surface area (Å²) < 4.78 is 10.8. The van der Waals surface area contributed by atoms with Gasteiger partial charge in [0, 0.05) is 5.39 Å². The van der Waals surface area contributed by atoms with Gasteiger partial charge in [0.25, 0.3) is 0 Å². The van der Waals surface area contributed by atoms with Crippen LogP contribution in [0.25, 0.3) is 21.6 Å². The van der Waals surface area contributed by atoms with Gasteiger partial charge in [-0.2, -0.15) is 0 Å². The molecule has 5 rings (SSSR count). The predicted molar refractivity (Wildman–Crippen MR) is 119 cm³/mol. The van der Waals surface area contributed by atoms with Crippen molar-refractivity contribution in [2.24, 2.45) is 0 Å². The summed E-state index contributed by atoms with van der Waals surface area (Å²) in [6.07, 6.45) is 0. The molecule has 3 heterocycles. The summed E-state index contributed by atoms with van der Waals surface area (Å²) in [7, 11) is 1.63. The van der Waals surface area contributed by atoms with Crippen molar-refractivity contribution in [3.05, 3.63) is 48.0 Å². The maximum absolute atomic E-state index is 12.7.